The number of likely N-dealkylation sites (N-methyl/N-ethyl adjacent to an activating group) is 1. The molecular formula is C18H18N2O4S. The summed E-state index contributed by atoms with van der Waals surface area (Å²) in [5.74, 6) is 0.355. The minimum Gasteiger partial charge on any atom is -0.486 e. The van der Waals surface area contributed by atoms with Gasteiger partial charge in [-0.25, -0.2) is 8.42 Å². The average molecular weight is 358 g/mol. The van der Waals surface area contributed by atoms with E-state index in [1.54, 1.807) is 66.5 Å². The molecule has 0 saturated carbocycles. The van der Waals surface area contributed by atoms with E-state index in [1.165, 1.54) is 4.31 Å². The molecule has 2 heterocycles. The molecule has 0 aliphatic carbocycles. The van der Waals surface area contributed by atoms with Crippen molar-refractivity contribution in [2.45, 2.75) is 17.0 Å². The molecule has 0 bridgehead atoms. The highest BCUT2D eigenvalue weighted by Gasteiger charge is 2.46. The number of nitrogens with zero attached hydrogens (tertiary/aromatic N) is 2. The quantitative estimate of drug-likeness (QED) is 0.818. The maximum absolute atomic E-state index is 12.9. The predicted molar refractivity (Wildman–Crippen MR) is 91.9 cm³/mol. The largest absolute Gasteiger partial charge is 0.486 e. The van der Waals surface area contributed by atoms with Crippen LogP contribution in [0, 0.1) is 0 Å². The van der Waals surface area contributed by atoms with Gasteiger partial charge in [0.2, 0.25) is 10.0 Å². The number of ether oxygens (including phenoxy) is 1. The Labute approximate surface area is 146 Å². The maximum Gasteiger partial charge on any atom is 0.257 e. The summed E-state index contributed by atoms with van der Waals surface area (Å²) in [7, 11) is -1.91. The van der Waals surface area contributed by atoms with Crippen molar-refractivity contribution in [1.29, 1.82) is 0 Å². The van der Waals surface area contributed by atoms with Crippen molar-refractivity contribution in [3.63, 3.8) is 0 Å². The van der Waals surface area contributed by atoms with Gasteiger partial charge in [0.1, 0.15) is 11.9 Å². The first kappa shape index (κ1) is 16.1. The van der Waals surface area contributed by atoms with Crippen molar-refractivity contribution >= 4 is 15.9 Å². The van der Waals surface area contributed by atoms with Crippen molar-refractivity contribution < 1.29 is 17.9 Å². The Kier molecular flexibility index (Phi) is 3.77. The summed E-state index contributed by atoms with van der Waals surface area (Å²) in [6, 6.07) is 15.1. The lowest BCUT2D eigenvalue weighted by atomic mass is 10.1. The number of rotatable bonds is 2. The van der Waals surface area contributed by atoms with Crippen LogP contribution in [0.5, 0.6) is 5.75 Å². The summed E-state index contributed by atoms with van der Waals surface area (Å²) in [6.07, 6.45) is -0.393. The summed E-state index contributed by atoms with van der Waals surface area (Å²) in [5.41, 5.74) is 0.511. The summed E-state index contributed by atoms with van der Waals surface area (Å²) in [6.45, 7) is 0.436. The second-order valence-electron chi connectivity index (χ2n) is 6.27. The second kappa shape index (κ2) is 5.86. The zero-order chi connectivity index (χ0) is 17.6. The molecule has 1 fully saturated rings. The Morgan fingerprint density at radius 1 is 1.00 bits per heavy atom. The van der Waals surface area contributed by atoms with Crippen LogP contribution in [0.3, 0.4) is 0 Å². The first-order chi connectivity index (χ1) is 12.0. The molecule has 1 saturated heterocycles. The predicted octanol–water partition coefficient (Wildman–Crippen LogP) is 1.59. The van der Waals surface area contributed by atoms with Crippen LogP contribution in [0.15, 0.2) is 59.5 Å². The standard InChI is InChI=1S/C18H18N2O4S/c1-19-15-11-20(25(22,23)13-7-3-2-4-8-13)12-17(15)24-16-10-6-5-9-14(16)18(19)21/h2-10,15,17H,11-12H2,1H3/t15-,17+/m1/s1. The Hall–Kier alpha value is -2.38. The van der Waals surface area contributed by atoms with Crippen LogP contribution in [-0.4, -0.2) is 55.8 Å². The Bertz CT molecular complexity index is 914. The van der Waals surface area contributed by atoms with Gasteiger partial charge in [-0.1, -0.05) is 30.3 Å². The van der Waals surface area contributed by atoms with E-state index in [0.717, 1.165) is 0 Å². The molecule has 2 aromatic rings. The third-order valence-electron chi connectivity index (χ3n) is 4.80. The Morgan fingerprint density at radius 3 is 2.44 bits per heavy atom. The van der Waals surface area contributed by atoms with E-state index in [0.29, 0.717) is 11.3 Å². The number of benzene rings is 2. The second-order valence-corrected chi connectivity index (χ2v) is 8.21. The van der Waals surface area contributed by atoms with Crippen LogP contribution in [0.1, 0.15) is 10.4 Å². The molecule has 2 aromatic carbocycles. The number of carbonyl (C=O) groups excluding carboxylic acids is 1. The Morgan fingerprint density at radius 2 is 1.68 bits per heavy atom. The van der Waals surface area contributed by atoms with Crippen LogP contribution in [-0.2, 0) is 10.0 Å². The van der Waals surface area contributed by atoms with E-state index >= 15 is 0 Å². The molecule has 25 heavy (non-hydrogen) atoms. The lowest BCUT2D eigenvalue weighted by Crippen LogP contribution is -2.44. The lowest BCUT2D eigenvalue weighted by molar-refractivity contribution is 0.0683. The van der Waals surface area contributed by atoms with Crippen LogP contribution in [0.25, 0.3) is 0 Å². The minimum atomic E-state index is -3.61. The molecule has 6 nitrogen and oxygen atoms in total. The van der Waals surface area contributed by atoms with E-state index in [9.17, 15) is 13.2 Å². The van der Waals surface area contributed by atoms with Gasteiger partial charge >= 0.3 is 0 Å². The van der Waals surface area contributed by atoms with Gasteiger partial charge in [0, 0.05) is 13.6 Å². The molecule has 0 N–H and O–H groups in total. The summed E-state index contributed by atoms with van der Waals surface area (Å²) < 4.78 is 33.1. The van der Waals surface area contributed by atoms with Gasteiger partial charge in [0.05, 0.1) is 23.0 Å². The van der Waals surface area contributed by atoms with Gasteiger partial charge in [-0.2, -0.15) is 4.31 Å². The van der Waals surface area contributed by atoms with Crippen molar-refractivity contribution in [2.75, 3.05) is 20.1 Å². The van der Waals surface area contributed by atoms with E-state index in [4.69, 9.17) is 4.74 Å². The molecule has 2 atom stereocenters. The van der Waals surface area contributed by atoms with Crippen LogP contribution in [0.4, 0.5) is 0 Å². The van der Waals surface area contributed by atoms with E-state index < -0.39 is 16.1 Å². The Balaban J connectivity index is 1.67. The molecule has 2 aliphatic heterocycles. The molecule has 2 aliphatic rings. The fourth-order valence-electron chi connectivity index (χ4n) is 3.40. The van der Waals surface area contributed by atoms with Gasteiger partial charge in [-0.3, -0.25) is 4.79 Å². The van der Waals surface area contributed by atoms with Gasteiger partial charge in [0.15, 0.2) is 0 Å². The SMILES string of the molecule is CN1C(=O)c2ccccc2O[C@H]2CN(S(=O)(=O)c3ccccc3)C[C@H]21. The highest BCUT2D eigenvalue weighted by molar-refractivity contribution is 7.89. The van der Waals surface area contributed by atoms with Crippen LogP contribution >= 0.6 is 0 Å². The zero-order valence-electron chi connectivity index (χ0n) is 13.7. The minimum absolute atomic E-state index is 0.151. The maximum atomic E-state index is 12.9. The highest BCUT2D eigenvalue weighted by atomic mass is 32.2. The van der Waals surface area contributed by atoms with Gasteiger partial charge in [0.25, 0.3) is 5.91 Å². The van der Waals surface area contributed by atoms with Crippen molar-refractivity contribution in [3.05, 3.63) is 60.2 Å². The van der Waals surface area contributed by atoms with E-state index in [2.05, 4.69) is 0 Å². The number of hydrogen-bond donors (Lipinski definition) is 0. The number of hydrogen-bond acceptors (Lipinski definition) is 4. The molecule has 1 amide bonds. The van der Waals surface area contributed by atoms with Gasteiger partial charge in [-0.05, 0) is 24.3 Å². The van der Waals surface area contributed by atoms with Gasteiger partial charge < -0.3 is 9.64 Å². The molecular weight excluding hydrogens is 340 g/mol. The summed E-state index contributed by atoms with van der Waals surface area (Å²) in [4.78, 5) is 14.5. The van der Waals surface area contributed by atoms with Crippen molar-refractivity contribution in [2.24, 2.45) is 0 Å². The molecule has 0 unspecified atom stereocenters. The zero-order valence-corrected chi connectivity index (χ0v) is 14.5. The first-order valence-electron chi connectivity index (χ1n) is 8.06. The fraction of sp³-hybridized carbons (Fsp3) is 0.278. The van der Waals surface area contributed by atoms with Crippen molar-refractivity contribution in [1.82, 2.24) is 9.21 Å². The van der Waals surface area contributed by atoms with Crippen molar-refractivity contribution in [3.8, 4) is 5.75 Å². The molecule has 7 heteroatoms. The third-order valence-corrected chi connectivity index (χ3v) is 6.64. The molecule has 4 rings (SSSR count). The number of carbonyl (C=O) groups is 1. The van der Waals surface area contributed by atoms with Gasteiger partial charge in [-0.15, -0.1) is 0 Å². The van der Waals surface area contributed by atoms with E-state index in [1.807, 2.05) is 0 Å². The topological polar surface area (TPSA) is 66.9 Å². The normalized spacial score (nSPS) is 23.6. The number of amides is 1. The van der Waals surface area contributed by atoms with Crippen LogP contribution in [0.2, 0.25) is 0 Å². The monoisotopic (exact) mass is 358 g/mol. The van der Waals surface area contributed by atoms with E-state index in [-0.39, 0.29) is 29.9 Å². The fourth-order valence-corrected chi connectivity index (χ4v) is 4.89. The molecule has 0 aromatic heterocycles. The molecule has 0 spiro atoms. The summed E-state index contributed by atoms with van der Waals surface area (Å²) in [5, 5.41) is 0. The third kappa shape index (κ3) is 2.60. The smallest absolute Gasteiger partial charge is 0.257 e. The number of sulfonamides is 1. The highest BCUT2D eigenvalue weighted by Crippen LogP contribution is 2.32. The average Bonchev–Trinajstić information content (AvgIpc) is 3.02. The number of para-hydroxylation sites is 1. The molecule has 130 valence electrons. The van der Waals surface area contributed by atoms with Crippen LogP contribution < -0.4 is 4.74 Å². The number of fused-ring (bicyclic) bond motifs is 2. The summed E-state index contributed by atoms with van der Waals surface area (Å²) >= 11 is 0. The first-order valence-corrected chi connectivity index (χ1v) is 9.50. The lowest BCUT2D eigenvalue weighted by Gasteiger charge is -2.25. The molecule has 0 radical (unpaired) electrons.